The summed E-state index contributed by atoms with van der Waals surface area (Å²) in [4.78, 5) is 23.2. The molecular weight excluding hydrogens is 276 g/mol. The van der Waals surface area contributed by atoms with Crippen LogP contribution in [0.15, 0.2) is 12.1 Å². The van der Waals surface area contributed by atoms with Gasteiger partial charge in [-0.2, -0.15) is 0 Å². The van der Waals surface area contributed by atoms with Gasteiger partial charge in [0.1, 0.15) is 4.88 Å². The first-order valence-electron chi connectivity index (χ1n) is 6.36. The van der Waals surface area contributed by atoms with Crippen molar-refractivity contribution in [3.8, 4) is 0 Å². The second kappa shape index (κ2) is 5.34. The van der Waals surface area contributed by atoms with E-state index in [0.29, 0.717) is 33.2 Å². The number of ketones is 1. The standard InChI is InChI=1S/C15H16O4S/c1-4-11(17)10-6-5-9(8(3)16)14-12(10)7(2)13(20-14)15(18)19/h5-6,11,17H,4H2,1-3H3,(H,18,19). The molecule has 0 bridgehead atoms. The lowest BCUT2D eigenvalue weighted by Gasteiger charge is -2.12. The number of benzene rings is 1. The molecule has 1 aromatic carbocycles. The number of aromatic carboxylic acids is 1. The third-order valence-corrected chi connectivity index (χ3v) is 4.74. The number of carbonyl (C=O) groups excluding carboxylic acids is 1. The fourth-order valence-corrected chi connectivity index (χ4v) is 3.60. The van der Waals surface area contributed by atoms with Crippen LogP contribution in [-0.2, 0) is 0 Å². The van der Waals surface area contributed by atoms with Crippen LogP contribution in [0.1, 0.15) is 57.5 Å². The number of aliphatic hydroxyl groups is 1. The van der Waals surface area contributed by atoms with Crippen molar-refractivity contribution in [2.45, 2.75) is 33.3 Å². The topological polar surface area (TPSA) is 74.6 Å². The quantitative estimate of drug-likeness (QED) is 0.845. The molecule has 1 unspecified atom stereocenters. The first-order chi connectivity index (χ1) is 9.38. The van der Waals surface area contributed by atoms with Gasteiger partial charge in [0.15, 0.2) is 5.78 Å². The third kappa shape index (κ3) is 2.23. The Morgan fingerprint density at radius 3 is 2.50 bits per heavy atom. The van der Waals surface area contributed by atoms with E-state index in [1.807, 2.05) is 6.92 Å². The summed E-state index contributed by atoms with van der Waals surface area (Å²) < 4.78 is 0.650. The van der Waals surface area contributed by atoms with Crippen LogP contribution >= 0.6 is 11.3 Å². The second-order valence-corrected chi connectivity index (χ2v) is 5.77. The Hall–Kier alpha value is -1.72. The first-order valence-corrected chi connectivity index (χ1v) is 7.18. The minimum atomic E-state index is -1.00. The molecule has 0 radical (unpaired) electrons. The van der Waals surface area contributed by atoms with Crippen molar-refractivity contribution in [3.63, 3.8) is 0 Å². The van der Waals surface area contributed by atoms with Crippen LogP contribution in [0.4, 0.5) is 0 Å². The molecule has 0 aliphatic heterocycles. The number of aliphatic hydroxyl groups excluding tert-OH is 1. The molecule has 2 N–H and O–H groups in total. The Kier molecular flexibility index (Phi) is 3.92. The number of carbonyl (C=O) groups is 2. The van der Waals surface area contributed by atoms with Crippen molar-refractivity contribution >= 4 is 33.2 Å². The summed E-state index contributed by atoms with van der Waals surface area (Å²) in [6, 6.07) is 3.39. The van der Waals surface area contributed by atoms with E-state index in [1.165, 1.54) is 6.92 Å². The number of hydrogen-bond acceptors (Lipinski definition) is 4. The molecule has 4 nitrogen and oxygen atoms in total. The van der Waals surface area contributed by atoms with E-state index >= 15 is 0 Å². The average molecular weight is 292 g/mol. The zero-order chi connectivity index (χ0) is 15.0. The van der Waals surface area contributed by atoms with Crippen LogP contribution in [-0.4, -0.2) is 22.0 Å². The smallest absolute Gasteiger partial charge is 0.346 e. The minimum Gasteiger partial charge on any atom is -0.477 e. The molecule has 0 amide bonds. The van der Waals surface area contributed by atoms with Crippen molar-refractivity contribution in [2.24, 2.45) is 0 Å². The molecule has 5 heteroatoms. The van der Waals surface area contributed by atoms with Gasteiger partial charge in [0.2, 0.25) is 0 Å². The van der Waals surface area contributed by atoms with Gasteiger partial charge in [0, 0.05) is 15.6 Å². The molecule has 2 aromatic rings. The molecule has 0 spiro atoms. The SMILES string of the molecule is CCC(O)c1ccc(C(C)=O)c2sc(C(=O)O)c(C)c12. The second-order valence-electron chi connectivity index (χ2n) is 4.75. The molecule has 1 heterocycles. The lowest BCUT2D eigenvalue weighted by atomic mass is 9.96. The van der Waals surface area contributed by atoms with E-state index in [0.717, 1.165) is 11.3 Å². The molecule has 20 heavy (non-hydrogen) atoms. The van der Waals surface area contributed by atoms with E-state index in [4.69, 9.17) is 0 Å². The summed E-state index contributed by atoms with van der Waals surface area (Å²) >= 11 is 1.10. The summed E-state index contributed by atoms with van der Waals surface area (Å²) in [6.45, 7) is 5.04. The zero-order valence-corrected chi connectivity index (χ0v) is 12.4. The molecule has 1 aromatic heterocycles. The Labute approximate surface area is 120 Å². The van der Waals surface area contributed by atoms with Gasteiger partial charge in [-0.15, -0.1) is 11.3 Å². The van der Waals surface area contributed by atoms with Crippen molar-refractivity contribution < 1.29 is 19.8 Å². The van der Waals surface area contributed by atoms with Gasteiger partial charge in [-0.1, -0.05) is 13.0 Å². The van der Waals surface area contributed by atoms with E-state index in [2.05, 4.69) is 0 Å². The van der Waals surface area contributed by atoms with Gasteiger partial charge in [0.25, 0.3) is 0 Å². The fourth-order valence-electron chi connectivity index (χ4n) is 2.36. The molecule has 106 valence electrons. The summed E-state index contributed by atoms with van der Waals surface area (Å²) in [7, 11) is 0. The Balaban J connectivity index is 2.89. The summed E-state index contributed by atoms with van der Waals surface area (Å²) in [5, 5.41) is 20.1. The number of aryl methyl sites for hydroxylation is 1. The predicted molar refractivity (Wildman–Crippen MR) is 78.8 cm³/mol. The van der Waals surface area contributed by atoms with Gasteiger partial charge in [-0.05, 0) is 37.5 Å². The van der Waals surface area contributed by atoms with Crippen molar-refractivity contribution in [2.75, 3.05) is 0 Å². The summed E-state index contributed by atoms with van der Waals surface area (Å²) in [5.41, 5.74) is 1.81. The summed E-state index contributed by atoms with van der Waals surface area (Å²) in [6.07, 6.45) is -0.125. The fraction of sp³-hybridized carbons (Fsp3) is 0.333. The minimum absolute atomic E-state index is 0.106. The number of rotatable bonds is 4. The van der Waals surface area contributed by atoms with E-state index in [9.17, 15) is 19.8 Å². The highest BCUT2D eigenvalue weighted by atomic mass is 32.1. The molecule has 0 saturated carbocycles. The Morgan fingerprint density at radius 1 is 1.35 bits per heavy atom. The number of hydrogen-bond donors (Lipinski definition) is 2. The predicted octanol–water partition coefficient (Wildman–Crippen LogP) is 3.55. The molecule has 0 fully saturated rings. The third-order valence-electron chi connectivity index (χ3n) is 3.43. The van der Waals surface area contributed by atoms with Gasteiger partial charge in [0.05, 0.1) is 6.10 Å². The number of thiophene rings is 1. The van der Waals surface area contributed by atoms with E-state index in [1.54, 1.807) is 19.1 Å². The van der Waals surface area contributed by atoms with E-state index < -0.39 is 12.1 Å². The largest absolute Gasteiger partial charge is 0.477 e. The highest BCUT2D eigenvalue weighted by molar-refractivity contribution is 7.21. The molecular formula is C15H16O4S. The van der Waals surface area contributed by atoms with Crippen molar-refractivity contribution in [3.05, 3.63) is 33.7 Å². The van der Waals surface area contributed by atoms with Crippen LogP contribution < -0.4 is 0 Å². The van der Waals surface area contributed by atoms with Crippen LogP contribution in [0.3, 0.4) is 0 Å². The van der Waals surface area contributed by atoms with Gasteiger partial charge < -0.3 is 10.2 Å². The maximum atomic E-state index is 11.7. The molecule has 0 saturated heterocycles. The number of carboxylic acids is 1. The highest BCUT2D eigenvalue weighted by Crippen LogP contribution is 2.38. The molecule has 0 aliphatic carbocycles. The highest BCUT2D eigenvalue weighted by Gasteiger charge is 2.22. The van der Waals surface area contributed by atoms with Crippen molar-refractivity contribution in [1.29, 1.82) is 0 Å². The zero-order valence-electron chi connectivity index (χ0n) is 11.6. The average Bonchev–Trinajstić information content (AvgIpc) is 2.75. The van der Waals surface area contributed by atoms with Crippen molar-refractivity contribution in [1.82, 2.24) is 0 Å². The van der Waals surface area contributed by atoms with Gasteiger partial charge >= 0.3 is 5.97 Å². The first kappa shape index (κ1) is 14.7. The van der Waals surface area contributed by atoms with Crippen LogP contribution in [0, 0.1) is 6.92 Å². The normalized spacial score (nSPS) is 12.6. The lowest BCUT2D eigenvalue weighted by molar-refractivity contribution is 0.0701. The van der Waals surface area contributed by atoms with Crippen LogP contribution in [0.2, 0.25) is 0 Å². The Bertz CT molecular complexity index is 699. The number of Topliss-reactive ketones (excluding diaryl/α,β-unsaturated/α-hetero) is 1. The van der Waals surface area contributed by atoms with Crippen LogP contribution in [0.5, 0.6) is 0 Å². The summed E-state index contributed by atoms with van der Waals surface area (Å²) in [5.74, 6) is -1.11. The molecule has 0 aliphatic rings. The Morgan fingerprint density at radius 2 is 2.00 bits per heavy atom. The van der Waals surface area contributed by atoms with E-state index in [-0.39, 0.29) is 10.7 Å². The number of carboxylic acid groups (broad SMARTS) is 1. The van der Waals surface area contributed by atoms with Gasteiger partial charge in [-0.3, -0.25) is 4.79 Å². The lowest BCUT2D eigenvalue weighted by Crippen LogP contribution is -2.00. The molecule has 2 rings (SSSR count). The number of fused-ring (bicyclic) bond motifs is 1. The molecule has 1 atom stereocenters. The van der Waals surface area contributed by atoms with Crippen LogP contribution in [0.25, 0.3) is 10.1 Å². The maximum absolute atomic E-state index is 11.7. The monoisotopic (exact) mass is 292 g/mol. The maximum Gasteiger partial charge on any atom is 0.346 e. The van der Waals surface area contributed by atoms with Gasteiger partial charge in [-0.25, -0.2) is 4.79 Å².